The van der Waals surface area contributed by atoms with Crippen LogP contribution in [0.15, 0.2) is 53.0 Å². The molecule has 1 unspecified atom stereocenters. The van der Waals surface area contributed by atoms with E-state index in [1.165, 1.54) is 11.1 Å². The van der Waals surface area contributed by atoms with Crippen LogP contribution in [0.2, 0.25) is 0 Å². The minimum absolute atomic E-state index is 0.361. The molecular formula is C16H19BrN2. The van der Waals surface area contributed by atoms with Crippen molar-refractivity contribution in [3.8, 4) is 0 Å². The number of rotatable bonds is 4. The van der Waals surface area contributed by atoms with Gasteiger partial charge in [-0.3, -0.25) is 4.90 Å². The smallest absolute Gasteiger partial charge is 0.0320 e. The van der Waals surface area contributed by atoms with Crippen LogP contribution in [-0.2, 0) is 6.54 Å². The summed E-state index contributed by atoms with van der Waals surface area (Å²) in [6, 6.07) is 16.9. The van der Waals surface area contributed by atoms with Crippen LogP contribution in [-0.4, -0.2) is 11.9 Å². The van der Waals surface area contributed by atoms with Gasteiger partial charge in [-0.15, -0.1) is 0 Å². The van der Waals surface area contributed by atoms with E-state index in [0.29, 0.717) is 6.04 Å². The van der Waals surface area contributed by atoms with E-state index in [1.807, 2.05) is 18.2 Å². The van der Waals surface area contributed by atoms with Crippen LogP contribution in [0.4, 0.5) is 5.69 Å². The number of benzene rings is 2. The van der Waals surface area contributed by atoms with E-state index >= 15 is 0 Å². The maximum Gasteiger partial charge on any atom is 0.0320 e. The van der Waals surface area contributed by atoms with E-state index in [9.17, 15) is 0 Å². The van der Waals surface area contributed by atoms with E-state index in [1.54, 1.807) is 0 Å². The van der Waals surface area contributed by atoms with Gasteiger partial charge in [0.2, 0.25) is 0 Å². The van der Waals surface area contributed by atoms with Gasteiger partial charge in [-0.2, -0.15) is 0 Å². The maximum atomic E-state index is 5.72. The average Bonchev–Trinajstić information content (AvgIpc) is 2.39. The Morgan fingerprint density at radius 1 is 1.16 bits per heavy atom. The molecule has 0 fully saturated rings. The Morgan fingerprint density at radius 2 is 1.84 bits per heavy atom. The average molecular weight is 319 g/mol. The second kappa shape index (κ2) is 6.22. The number of nitrogens with two attached hydrogens (primary N) is 1. The summed E-state index contributed by atoms with van der Waals surface area (Å²) >= 11 is 3.51. The predicted octanol–water partition coefficient (Wildman–Crippen LogP) is 4.22. The quantitative estimate of drug-likeness (QED) is 0.855. The highest BCUT2D eigenvalue weighted by atomic mass is 79.9. The van der Waals surface area contributed by atoms with Gasteiger partial charge in [0.25, 0.3) is 0 Å². The molecule has 0 saturated carbocycles. The SMILES string of the molecule is CC(c1ccc(N)cc1)N(C)Cc1cccc(Br)c1. The lowest BCUT2D eigenvalue weighted by Gasteiger charge is -2.25. The molecule has 100 valence electrons. The molecule has 0 aliphatic rings. The molecule has 0 heterocycles. The van der Waals surface area contributed by atoms with Gasteiger partial charge in [0.05, 0.1) is 0 Å². The molecule has 3 heteroatoms. The zero-order valence-corrected chi connectivity index (χ0v) is 12.9. The molecule has 0 spiro atoms. The fourth-order valence-electron chi connectivity index (χ4n) is 2.09. The molecule has 0 bridgehead atoms. The van der Waals surface area contributed by atoms with Gasteiger partial charge in [-0.05, 0) is 49.4 Å². The van der Waals surface area contributed by atoms with Gasteiger partial charge >= 0.3 is 0 Å². The van der Waals surface area contributed by atoms with Crippen molar-refractivity contribution in [3.63, 3.8) is 0 Å². The van der Waals surface area contributed by atoms with Crippen LogP contribution in [0.1, 0.15) is 24.1 Å². The Balaban J connectivity index is 2.07. The van der Waals surface area contributed by atoms with Crippen molar-refractivity contribution < 1.29 is 0 Å². The second-order valence-corrected chi connectivity index (χ2v) is 5.80. The van der Waals surface area contributed by atoms with Crippen molar-refractivity contribution in [1.29, 1.82) is 0 Å². The van der Waals surface area contributed by atoms with E-state index in [0.717, 1.165) is 16.7 Å². The normalized spacial score (nSPS) is 12.6. The van der Waals surface area contributed by atoms with Crippen molar-refractivity contribution in [1.82, 2.24) is 4.90 Å². The van der Waals surface area contributed by atoms with Crippen molar-refractivity contribution in [3.05, 3.63) is 64.1 Å². The Labute approximate surface area is 123 Å². The lowest BCUT2D eigenvalue weighted by Crippen LogP contribution is -2.21. The number of hydrogen-bond donors (Lipinski definition) is 1. The summed E-state index contributed by atoms with van der Waals surface area (Å²) in [5.41, 5.74) is 9.12. The Kier molecular flexibility index (Phi) is 4.61. The summed E-state index contributed by atoms with van der Waals surface area (Å²) in [4.78, 5) is 2.33. The van der Waals surface area contributed by atoms with Gasteiger partial charge in [-0.1, -0.05) is 40.2 Å². The van der Waals surface area contributed by atoms with Crippen molar-refractivity contribution in [2.24, 2.45) is 0 Å². The summed E-state index contributed by atoms with van der Waals surface area (Å²) < 4.78 is 1.12. The first kappa shape index (κ1) is 14.1. The van der Waals surface area contributed by atoms with E-state index < -0.39 is 0 Å². The molecule has 2 rings (SSSR count). The molecule has 0 aliphatic carbocycles. The number of anilines is 1. The number of halogens is 1. The van der Waals surface area contributed by atoms with Crippen molar-refractivity contribution in [2.75, 3.05) is 12.8 Å². The Hall–Kier alpha value is -1.32. The fourth-order valence-corrected chi connectivity index (χ4v) is 2.54. The highest BCUT2D eigenvalue weighted by Crippen LogP contribution is 2.22. The summed E-state index contributed by atoms with van der Waals surface area (Å²) in [6.45, 7) is 3.13. The molecule has 2 nitrogen and oxygen atoms in total. The lowest BCUT2D eigenvalue weighted by molar-refractivity contribution is 0.253. The van der Waals surface area contributed by atoms with Gasteiger partial charge in [0.15, 0.2) is 0 Å². The zero-order chi connectivity index (χ0) is 13.8. The zero-order valence-electron chi connectivity index (χ0n) is 11.3. The van der Waals surface area contributed by atoms with Crippen molar-refractivity contribution >= 4 is 21.6 Å². The van der Waals surface area contributed by atoms with E-state index in [4.69, 9.17) is 5.73 Å². The minimum atomic E-state index is 0.361. The third-order valence-corrected chi connectivity index (χ3v) is 3.89. The Bertz CT molecular complexity index is 537. The molecule has 19 heavy (non-hydrogen) atoms. The number of nitrogen functional groups attached to an aromatic ring is 1. The first-order valence-corrected chi connectivity index (χ1v) is 7.15. The topological polar surface area (TPSA) is 29.3 Å². The van der Waals surface area contributed by atoms with Gasteiger partial charge in [0.1, 0.15) is 0 Å². The second-order valence-electron chi connectivity index (χ2n) is 4.89. The first-order chi connectivity index (χ1) is 9.06. The van der Waals surface area contributed by atoms with Gasteiger partial charge < -0.3 is 5.73 Å². The van der Waals surface area contributed by atoms with Gasteiger partial charge in [-0.25, -0.2) is 0 Å². The van der Waals surface area contributed by atoms with Crippen molar-refractivity contribution in [2.45, 2.75) is 19.5 Å². The summed E-state index contributed by atoms with van der Waals surface area (Å²) in [6.07, 6.45) is 0. The number of hydrogen-bond acceptors (Lipinski definition) is 2. The Morgan fingerprint density at radius 3 is 2.47 bits per heavy atom. The highest BCUT2D eigenvalue weighted by molar-refractivity contribution is 9.10. The summed E-state index contributed by atoms with van der Waals surface area (Å²) in [5.74, 6) is 0. The third kappa shape index (κ3) is 3.82. The molecule has 0 radical (unpaired) electrons. The first-order valence-electron chi connectivity index (χ1n) is 6.36. The maximum absolute atomic E-state index is 5.72. The molecule has 0 aromatic heterocycles. The molecule has 2 N–H and O–H groups in total. The molecule has 0 amide bonds. The summed E-state index contributed by atoms with van der Waals surface area (Å²) in [5, 5.41) is 0. The van der Waals surface area contributed by atoms with Crippen LogP contribution in [0.3, 0.4) is 0 Å². The van der Waals surface area contributed by atoms with E-state index in [-0.39, 0.29) is 0 Å². The number of nitrogens with zero attached hydrogens (tertiary/aromatic N) is 1. The molecule has 2 aromatic rings. The molecule has 0 saturated heterocycles. The molecule has 0 aliphatic heterocycles. The summed E-state index contributed by atoms with van der Waals surface area (Å²) in [7, 11) is 2.14. The molecule has 1 atom stereocenters. The third-order valence-electron chi connectivity index (χ3n) is 3.40. The largest absolute Gasteiger partial charge is 0.399 e. The van der Waals surface area contributed by atoms with E-state index in [2.05, 4.69) is 65.1 Å². The van der Waals surface area contributed by atoms with Crippen LogP contribution in [0, 0.1) is 0 Å². The van der Waals surface area contributed by atoms with Crippen LogP contribution in [0.5, 0.6) is 0 Å². The highest BCUT2D eigenvalue weighted by Gasteiger charge is 2.11. The van der Waals surface area contributed by atoms with Crippen LogP contribution >= 0.6 is 15.9 Å². The van der Waals surface area contributed by atoms with Gasteiger partial charge in [0, 0.05) is 22.7 Å². The van der Waals surface area contributed by atoms with Crippen LogP contribution in [0.25, 0.3) is 0 Å². The monoisotopic (exact) mass is 318 g/mol. The molecular weight excluding hydrogens is 300 g/mol. The minimum Gasteiger partial charge on any atom is -0.399 e. The molecule has 2 aromatic carbocycles. The lowest BCUT2D eigenvalue weighted by atomic mass is 10.1. The predicted molar refractivity (Wildman–Crippen MR) is 84.9 cm³/mol. The fraction of sp³-hybridized carbons (Fsp3) is 0.250. The standard InChI is InChI=1S/C16H19BrN2/c1-12(14-6-8-16(18)9-7-14)19(2)11-13-4-3-5-15(17)10-13/h3-10,12H,11,18H2,1-2H3. The van der Waals surface area contributed by atoms with Crippen LogP contribution < -0.4 is 5.73 Å².